The van der Waals surface area contributed by atoms with E-state index >= 15 is 0 Å². The van der Waals surface area contributed by atoms with E-state index in [1.807, 2.05) is 31.2 Å². The van der Waals surface area contributed by atoms with Crippen LogP contribution in [0, 0.1) is 0 Å². The van der Waals surface area contributed by atoms with E-state index in [4.69, 9.17) is 39.5 Å². The van der Waals surface area contributed by atoms with E-state index in [-0.39, 0.29) is 6.04 Å². The van der Waals surface area contributed by atoms with E-state index < -0.39 is 0 Å². The van der Waals surface area contributed by atoms with E-state index in [0.717, 1.165) is 17.0 Å². The van der Waals surface area contributed by atoms with Crippen LogP contribution in [0.15, 0.2) is 36.4 Å². The molecule has 106 valence electrons. The van der Waals surface area contributed by atoms with Crippen molar-refractivity contribution in [1.29, 1.82) is 0 Å². The van der Waals surface area contributed by atoms with Gasteiger partial charge in [0.25, 0.3) is 0 Å². The largest absolute Gasteiger partial charge is 0.497 e. The maximum absolute atomic E-state index is 6.22. The molecule has 0 saturated carbocycles. The molecule has 0 aromatic heterocycles. The molecule has 0 aliphatic rings. The van der Waals surface area contributed by atoms with Gasteiger partial charge in [-0.05, 0) is 30.7 Å². The summed E-state index contributed by atoms with van der Waals surface area (Å²) < 4.78 is 5.19. The molecule has 2 aromatic carbocycles. The van der Waals surface area contributed by atoms with Gasteiger partial charge in [0, 0.05) is 6.07 Å². The minimum absolute atomic E-state index is 0.0363. The van der Waals surface area contributed by atoms with Gasteiger partial charge >= 0.3 is 0 Å². The Labute approximate surface area is 133 Å². The van der Waals surface area contributed by atoms with Crippen molar-refractivity contribution in [3.63, 3.8) is 0 Å². The summed E-state index contributed by atoms with van der Waals surface area (Å²) in [5.41, 5.74) is 1.70. The third kappa shape index (κ3) is 3.32. The van der Waals surface area contributed by atoms with Crippen LogP contribution in [-0.2, 0) is 0 Å². The minimum atomic E-state index is -0.0363. The summed E-state index contributed by atoms with van der Waals surface area (Å²) in [6.07, 6.45) is 0. The maximum Gasteiger partial charge on any atom is 0.121 e. The average Bonchev–Trinajstić information content (AvgIpc) is 2.44. The molecular weight excluding hydrogens is 317 g/mol. The van der Waals surface area contributed by atoms with E-state index in [2.05, 4.69) is 5.32 Å². The van der Waals surface area contributed by atoms with E-state index in [0.29, 0.717) is 15.1 Å². The van der Waals surface area contributed by atoms with Gasteiger partial charge in [-0.3, -0.25) is 0 Å². The van der Waals surface area contributed by atoms with Gasteiger partial charge in [0.05, 0.1) is 33.9 Å². The van der Waals surface area contributed by atoms with Gasteiger partial charge in [0.2, 0.25) is 0 Å². The standard InChI is InChI=1S/C15H14Cl3NO/c1-9(11-4-3-5-13(17)15(11)18)19-14-8-10(20-2)6-7-12(14)16/h3-9,19H,1-2H3. The van der Waals surface area contributed by atoms with Gasteiger partial charge in [-0.25, -0.2) is 0 Å². The molecule has 2 aromatic rings. The first kappa shape index (κ1) is 15.3. The molecule has 5 heteroatoms. The Balaban J connectivity index is 2.27. The Bertz CT molecular complexity index is 616. The molecule has 0 amide bonds. The van der Waals surface area contributed by atoms with Crippen LogP contribution in [0.4, 0.5) is 5.69 Å². The topological polar surface area (TPSA) is 21.3 Å². The lowest BCUT2D eigenvalue weighted by atomic mass is 10.1. The molecule has 1 N–H and O–H groups in total. The first-order chi connectivity index (χ1) is 9.52. The summed E-state index contributed by atoms with van der Waals surface area (Å²) in [5, 5.41) is 5.02. The molecule has 0 aliphatic carbocycles. The van der Waals surface area contributed by atoms with Crippen LogP contribution in [0.3, 0.4) is 0 Å². The second-order valence-corrected chi connectivity index (χ2v) is 5.55. The fourth-order valence-corrected chi connectivity index (χ4v) is 2.55. The van der Waals surface area contributed by atoms with Crippen molar-refractivity contribution in [2.75, 3.05) is 12.4 Å². The number of rotatable bonds is 4. The van der Waals surface area contributed by atoms with E-state index in [1.54, 1.807) is 19.2 Å². The van der Waals surface area contributed by atoms with Gasteiger partial charge in [-0.15, -0.1) is 0 Å². The summed E-state index contributed by atoms with van der Waals surface area (Å²) >= 11 is 18.4. The van der Waals surface area contributed by atoms with Crippen molar-refractivity contribution in [3.8, 4) is 5.75 Å². The van der Waals surface area contributed by atoms with Crippen molar-refractivity contribution in [2.45, 2.75) is 13.0 Å². The van der Waals surface area contributed by atoms with Gasteiger partial charge in [-0.2, -0.15) is 0 Å². The average molecular weight is 331 g/mol. The first-order valence-electron chi connectivity index (χ1n) is 6.07. The van der Waals surface area contributed by atoms with Crippen molar-refractivity contribution >= 4 is 40.5 Å². The third-order valence-electron chi connectivity index (χ3n) is 2.99. The van der Waals surface area contributed by atoms with Crippen LogP contribution < -0.4 is 10.1 Å². The highest BCUT2D eigenvalue weighted by molar-refractivity contribution is 6.42. The second-order valence-electron chi connectivity index (χ2n) is 4.35. The van der Waals surface area contributed by atoms with Crippen molar-refractivity contribution in [2.24, 2.45) is 0 Å². The molecule has 20 heavy (non-hydrogen) atoms. The number of hydrogen-bond donors (Lipinski definition) is 1. The molecule has 0 bridgehead atoms. The van der Waals surface area contributed by atoms with Gasteiger partial charge < -0.3 is 10.1 Å². The molecule has 2 nitrogen and oxygen atoms in total. The lowest BCUT2D eigenvalue weighted by molar-refractivity contribution is 0.415. The highest BCUT2D eigenvalue weighted by Crippen LogP contribution is 2.34. The zero-order valence-corrected chi connectivity index (χ0v) is 13.4. The third-order valence-corrected chi connectivity index (χ3v) is 4.16. The SMILES string of the molecule is COc1ccc(Cl)c(NC(C)c2cccc(Cl)c2Cl)c1. The van der Waals surface area contributed by atoms with Gasteiger partial charge in [-0.1, -0.05) is 46.9 Å². The molecular formula is C15H14Cl3NO. The smallest absolute Gasteiger partial charge is 0.121 e. The Morgan fingerprint density at radius 3 is 2.50 bits per heavy atom. The zero-order chi connectivity index (χ0) is 14.7. The molecule has 0 saturated heterocycles. The number of benzene rings is 2. The van der Waals surface area contributed by atoms with E-state index in [9.17, 15) is 0 Å². The second kappa shape index (κ2) is 6.57. The predicted molar refractivity (Wildman–Crippen MR) is 86.5 cm³/mol. The minimum Gasteiger partial charge on any atom is -0.497 e. The predicted octanol–water partition coefficient (Wildman–Crippen LogP) is 5.83. The van der Waals surface area contributed by atoms with Crippen LogP contribution in [0.2, 0.25) is 15.1 Å². The lowest BCUT2D eigenvalue weighted by Crippen LogP contribution is -2.08. The molecule has 0 fully saturated rings. The summed E-state index contributed by atoms with van der Waals surface area (Å²) in [6.45, 7) is 1.99. The summed E-state index contributed by atoms with van der Waals surface area (Å²) in [4.78, 5) is 0. The van der Waals surface area contributed by atoms with Gasteiger partial charge in [0.1, 0.15) is 5.75 Å². The maximum atomic E-state index is 6.22. The first-order valence-corrected chi connectivity index (χ1v) is 7.20. The Morgan fingerprint density at radius 2 is 1.80 bits per heavy atom. The van der Waals surface area contributed by atoms with Gasteiger partial charge in [0.15, 0.2) is 0 Å². The molecule has 0 spiro atoms. The number of hydrogen-bond acceptors (Lipinski definition) is 2. The number of anilines is 1. The molecule has 0 radical (unpaired) electrons. The van der Waals surface area contributed by atoms with Crippen LogP contribution in [-0.4, -0.2) is 7.11 Å². The fourth-order valence-electron chi connectivity index (χ4n) is 1.91. The van der Waals surface area contributed by atoms with Crippen molar-refractivity contribution in [1.82, 2.24) is 0 Å². The van der Waals surface area contributed by atoms with Crippen LogP contribution in [0.1, 0.15) is 18.5 Å². The van der Waals surface area contributed by atoms with Crippen molar-refractivity contribution in [3.05, 3.63) is 57.0 Å². The van der Waals surface area contributed by atoms with E-state index in [1.165, 1.54) is 0 Å². The number of nitrogens with one attached hydrogen (secondary N) is 1. The fraction of sp³-hybridized carbons (Fsp3) is 0.200. The molecule has 1 unspecified atom stereocenters. The molecule has 0 heterocycles. The Hall–Kier alpha value is -1.09. The quantitative estimate of drug-likeness (QED) is 0.761. The normalized spacial score (nSPS) is 12.1. The van der Waals surface area contributed by atoms with Crippen molar-refractivity contribution < 1.29 is 4.74 Å². The highest BCUT2D eigenvalue weighted by Gasteiger charge is 2.13. The van der Waals surface area contributed by atoms with Crippen LogP contribution in [0.25, 0.3) is 0 Å². The summed E-state index contributed by atoms with van der Waals surface area (Å²) in [7, 11) is 1.62. The molecule has 0 aliphatic heterocycles. The monoisotopic (exact) mass is 329 g/mol. The molecule has 2 rings (SSSR count). The number of ether oxygens (including phenoxy) is 1. The highest BCUT2D eigenvalue weighted by atomic mass is 35.5. The number of halogens is 3. The van der Waals surface area contributed by atoms with Crippen LogP contribution >= 0.6 is 34.8 Å². The number of methoxy groups -OCH3 is 1. The zero-order valence-electron chi connectivity index (χ0n) is 11.1. The van der Waals surface area contributed by atoms with Crippen LogP contribution in [0.5, 0.6) is 5.75 Å². The summed E-state index contributed by atoms with van der Waals surface area (Å²) in [5.74, 6) is 0.737. The molecule has 1 atom stereocenters. The Kier molecular flexibility index (Phi) is 5.03. The summed E-state index contributed by atoms with van der Waals surface area (Å²) in [6, 6.07) is 11.0. The lowest BCUT2D eigenvalue weighted by Gasteiger charge is -2.19. The Morgan fingerprint density at radius 1 is 1.05 bits per heavy atom.